The van der Waals surface area contributed by atoms with Gasteiger partial charge in [0.15, 0.2) is 5.65 Å². The highest BCUT2D eigenvalue weighted by Gasteiger charge is 2.26. The van der Waals surface area contributed by atoms with Crippen LogP contribution in [0.25, 0.3) is 16.9 Å². The lowest BCUT2D eigenvalue weighted by Gasteiger charge is -2.33. The van der Waals surface area contributed by atoms with Crippen LogP contribution < -0.4 is 15.0 Å². The Morgan fingerprint density at radius 3 is 2.51 bits per heavy atom. The maximum atomic E-state index is 12.8. The van der Waals surface area contributed by atoms with E-state index in [1.54, 1.807) is 7.11 Å². The van der Waals surface area contributed by atoms with Crippen molar-refractivity contribution in [3.8, 4) is 17.0 Å². The number of ether oxygens (including phenoxy) is 1. The van der Waals surface area contributed by atoms with Crippen molar-refractivity contribution >= 4 is 17.4 Å². The van der Waals surface area contributed by atoms with Gasteiger partial charge in [-0.05, 0) is 62.1 Å². The van der Waals surface area contributed by atoms with Crippen molar-refractivity contribution in [3.63, 3.8) is 0 Å². The quantitative estimate of drug-likeness (QED) is 0.448. The van der Waals surface area contributed by atoms with Crippen molar-refractivity contribution in [2.24, 2.45) is 5.92 Å². The Morgan fingerprint density at radius 1 is 1.06 bits per heavy atom. The van der Waals surface area contributed by atoms with E-state index in [1.807, 2.05) is 53.9 Å². The number of aryl methyl sites for hydroxylation is 2. The van der Waals surface area contributed by atoms with E-state index >= 15 is 0 Å². The van der Waals surface area contributed by atoms with Gasteiger partial charge in [-0.25, -0.2) is 4.98 Å². The Balaban J connectivity index is 1.29. The molecule has 0 saturated carbocycles. The van der Waals surface area contributed by atoms with Crippen molar-refractivity contribution < 1.29 is 9.53 Å². The number of amides is 1. The first-order chi connectivity index (χ1) is 17.0. The molecule has 1 amide bonds. The molecule has 1 fully saturated rings. The van der Waals surface area contributed by atoms with Crippen LogP contribution in [-0.2, 0) is 11.3 Å². The lowest BCUT2D eigenvalue weighted by Crippen LogP contribution is -2.41. The molecule has 2 aromatic heterocycles. The van der Waals surface area contributed by atoms with E-state index in [4.69, 9.17) is 14.8 Å². The van der Waals surface area contributed by atoms with Gasteiger partial charge in [0.1, 0.15) is 11.6 Å². The number of aromatic nitrogens is 3. The van der Waals surface area contributed by atoms with Crippen molar-refractivity contribution in [2.45, 2.75) is 33.2 Å². The minimum atomic E-state index is 0.0289. The number of carbonyl (C=O) groups is 1. The molecule has 35 heavy (non-hydrogen) atoms. The van der Waals surface area contributed by atoms with Crippen LogP contribution in [0.1, 0.15) is 29.7 Å². The van der Waals surface area contributed by atoms with Crippen LogP contribution >= 0.6 is 0 Å². The standard InChI is InChI=1S/C28H31N5O2/c1-19-6-4-5-7-23(19)18-29-28(34)22-12-14-32(15-13-22)27-16-20(2)30-26-17-25(31-33(26)27)21-8-10-24(35-3)11-9-21/h4-11,16-17,22H,12-15,18H2,1-3H3,(H,29,34). The summed E-state index contributed by atoms with van der Waals surface area (Å²) in [5.74, 6) is 2.01. The Morgan fingerprint density at radius 2 is 1.80 bits per heavy atom. The maximum Gasteiger partial charge on any atom is 0.223 e. The Bertz CT molecular complexity index is 1340. The van der Waals surface area contributed by atoms with Crippen LogP contribution in [0.15, 0.2) is 60.7 Å². The molecule has 3 heterocycles. The third-order valence-electron chi connectivity index (χ3n) is 6.83. The van der Waals surface area contributed by atoms with Gasteiger partial charge in [0.25, 0.3) is 0 Å². The molecule has 7 nitrogen and oxygen atoms in total. The highest BCUT2D eigenvalue weighted by Crippen LogP contribution is 2.28. The number of rotatable bonds is 6. The van der Waals surface area contributed by atoms with Crippen LogP contribution in [-0.4, -0.2) is 40.7 Å². The summed E-state index contributed by atoms with van der Waals surface area (Å²) in [6, 6.07) is 20.2. The fourth-order valence-electron chi connectivity index (χ4n) is 4.71. The molecule has 0 radical (unpaired) electrons. The molecule has 0 unspecified atom stereocenters. The minimum absolute atomic E-state index is 0.0289. The molecule has 1 aliphatic heterocycles. The zero-order valence-corrected chi connectivity index (χ0v) is 20.5. The van der Waals surface area contributed by atoms with Crippen LogP contribution in [0.3, 0.4) is 0 Å². The third kappa shape index (κ3) is 4.85. The lowest BCUT2D eigenvalue weighted by molar-refractivity contribution is -0.125. The molecule has 0 atom stereocenters. The van der Waals surface area contributed by atoms with Crippen molar-refractivity contribution in [1.82, 2.24) is 19.9 Å². The second-order valence-electron chi connectivity index (χ2n) is 9.19. The highest BCUT2D eigenvalue weighted by atomic mass is 16.5. The van der Waals surface area contributed by atoms with Crippen LogP contribution in [0.2, 0.25) is 0 Å². The molecule has 2 aromatic carbocycles. The van der Waals surface area contributed by atoms with Crippen LogP contribution in [0.4, 0.5) is 5.82 Å². The largest absolute Gasteiger partial charge is 0.497 e. The minimum Gasteiger partial charge on any atom is -0.497 e. The van der Waals surface area contributed by atoms with E-state index in [0.29, 0.717) is 6.54 Å². The number of hydrogen-bond donors (Lipinski definition) is 1. The molecule has 1 N–H and O–H groups in total. The molecular formula is C28H31N5O2. The average molecular weight is 470 g/mol. The molecule has 0 spiro atoms. The SMILES string of the molecule is COc1ccc(-c2cc3nc(C)cc(N4CCC(C(=O)NCc5ccccc5C)CC4)n3n2)cc1. The van der Waals surface area contributed by atoms with E-state index in [9.17, 15) is 4.79 Å². The molecule has 1 aliphatic rings. The number of nitrogens with zero attached hydrogens (tertiary/aromatic N) is 4. The summed E-state index contributed by atoms with van der Waals surface area (Å²) in [6.07, 6.45) is 1.63. The van der Waals surface area contributed by atoms with Gasteiger partial charge in [-0.3, -0.25) is 4.79 Å². The van der Waals surface area contributed by atoms with Crippen molar-refractivity contribution in [3.05, 3.63) is 77.5 Å². The first-order valence-corrected chi connectivity index (χ1v) is 12.1. The van der Waals surface area contributed by atoms with Gasteiger partial charge in [0.2, 0.25) is 5.91 Å². The normalized spacial score (nSPS) is 14.3. The molecule has 7 heteroatoms. The summed E-state index contributed by atoms with van der Waals surface area (Å²) in [6.45, 7) is 6.27. The number of carbonyl (C=O) groups excluding carboxylic acids is 1. The zero-order chi connectivity index (χ0) is 24.4. The predicted octanol–water partition coefficient (Wildman–Crippen LogP) is 4.55. The van der Waals surface area contributed by atoms with Gasteiger partial charge in [-0.1, -0.05) is 24.3 Å². The first-order valence-electron chi connectivity index (χ1n) is 12.1. The van der Waals surface area contributed by atoms with Gasteiger partial charge < -0.3 is 15.0 Å². The molecule has 0 aliphatic carbocycles. The number of benzene rings is 2. The van der Waals surface area contributed by atoms with Gasteiger partial charge in [0, 0.05) is 48.9 Å². The Hall–Kier alpha value is -3.87. The van der Waals surface area contributed by atoms with Crippen LogP contribution in [0, 0.1) is 19.8 Å². The molecular weight excluding hydrogens is 438 g/mol. The van der Waals surface area contributed by atoms with Gasteiger partial charge in [0.05, 0.1) is 12.8 Å². The number of hydrogen-bond acceptors (Lipinski definition) is 5. The predicted molar refractivity (Wildman–Crippen MR) is 138 cm³/mol. The lowest BCUT2D eigenvalue weighted by atomic mass is 9.95. The zero-order valence-electron chi connectivity index (χ0n) is 20.5. The number of fused-ring (bicyclic) bond motifs is 1. The Kier molecular flexibility index (Phi) is 6.40. The summed E-state index contributed by atoms with van der Waals surface area (Å²) < 4.78 is 7.20. The topological polar surface area (TPSA) is 71.8 Å². The first kappa shape index (κ1) is 22.9. The maximum absolute atomic E-state index is 12.8. The van der Waals surface area contributed by atoms with E-state index in [1.165, 1.54) is 11.1 Å². The monoisotopic (exact) mass is 469 g/mol. The second-order valence-corrected chi connectivity index (χ2v) is 9.19. The molecule has 1 saturated heterocycles. The molecule has 0 bridgehead atoms. The number of methoxy groups -OCH3 is 1. The van der Waals surface area contributed by atoms with Gasteiger partial charge >= 0.3 is 0 Å². The Labute approximate surface area is 205 Å². The van der Waals surface area contributed by atoms with Gasteiger partial charge in [-0.15, -0.1) is 0 Å². The summed E-state index contributed by atoms with van der Waals surface area (Å²) >= 11 is 0. The van der Waals surface area contributed by atoms with Gasteiger partial charge in [-0.2, -0.15) is 9.61 Å². The number of anilines is 1. The summed E-state index contributed by atoms with van der Waals surface area (Å²) in [7, 11) is 1.66. The van der Waals surface area contributed by atoms with E-state index < -0.39 is 0 Å². The molecule has 5 rings (SSSR count). The van der Waals surface area contributed by atoms with Crippen molar-refractivity contribution in [1.29, 1.82) is 0 Å². The second kappa shape index (κ2) is 9.78. The number of nitrogens with one attached hydrogen (secondary N) is 1. The molecule has 4 aromatic rings. The third-order valence-corrected chi connectivity index (χ3v) is 6.83. The smallest absolute Gasteiger partial charge is 0.223 e. The summed E-state index contributed by atoms with van der Waals surface area (Å²) in [5.41, 5.74) is 6.03. The average Bonchev–Trinajstić information content (AvgIpc) is 3.31. The summed E-state index contributed by atoms with van der Waals surface area (Å²) in [4.78, 5) is 19.8. The van der Waals surface area contributed by atoms with E-state index in [2.05, 4.69) is 35.3 Å². The van der Waals surface area contributed by atoms with Crippen LogP contribution in [0.5, 0.6) is 5.75 Å². The summed E-state index contributed by atoms with van der Waals surface area (Å²) in [5, 5.41) is 8.01. The van der Waals surface area contributed by atoms with E-state index in [0.717, 1.165) is 60.1 Å². The molecule has 180 valence electrons. The number of piperidine rings is 1. The fourth-order valence-corrected chi connectivity index (χ4v) is 4.71. The van der Waals surface area contributed by atoms with Crippen molar-refractivity contribution in [2.75, 3.05) is 25.1 Å². The highest BCUT2D eigenvalue weighted by molar-refractivity contribution is 5.79. The van der Waals surface area contributed by atoms with E-state index in [-0.39, 0.29) is 11.8 Å². The fraction of sp³-hybridized carbons (Fsp3) is 0.321.